The van der Waals surface area contributed by atoms with Gasteiger partial charge < -0.3 is 19.7 Å². The van der Waals surface area contributed by atoms with Crippen LogP contribution >= 0.6 is 0 Å². The molecular weight excluding hydrogens is 344 g/mol. The smallest absolute Gasteiger partial charge is 0.168 e. The first kappa shape index (κ1) is 18.7. The van der Waals surface area contributed by atoms with Crippen molar-refractivity contribution in [1.82, 2.24) is 0 Å². The van der Waals surface area contributed by atoms with Crippen LogP contribution in [-0.2, 0) is 0 Å². The van der Waals surface area contributed by atoms with Crippen molar-refractivity contribution in [3.63, 3.8) is 0 Å². The number of hydrogen-bond acceptors (Lipinski definition) is 4. The van der Waals surface area contributed by atoms with Crippen LogP contribution in [0.3, 0.4) is 0 Å². The van der Waals surface area contributed by atoms with Crippen LogP contribution in [0, 0.1) is 23.3 Å². The Morgan fingerprint density at radius 1 is 0.600 bits per heavy atom. The highest BCUT2D eigenvalue weighted by Gasteiger charge is 2.11. The van der Waals surface area contributed by atoms with Crippen molar-refractivity contribution in [3.05, 3.63) is 47.5 Å². The number of ether oxygens (including phenoxy) is 2. The van der Waals surface area contributed by atoms with E-state index in [1.807, 2.05) is 0 Å². The fourth-order valence-corrected chi connectivity index (χ4v) is 2.00. The zero-order chi connectivity index (χ0) is 18.4. The molecule has 0 saturated carbocycles. The van der Waals surface area contributed by atoms with Gasteiger partial charge in [-0.05, 0) is 19.3 Å². The molecule has 0 heterocycles. The van der Waals surface area contributed by atoms with Gasteiger partial charge in [0.25, 0.3) is 0 Å². The summed E-state index contributed by atoms with van der Waals surface area (Å²) in [6, 6.07) is 2.78. The normalized spacial score (nSPS) is 10.7. The number of unbranched alkanes of at least 4 members (excludes halogenated alkanes) is 2. The summed E-state index contributed by atoms with van der Waals surface area (Å²) in [5, 5.41) is 18.0. The monoisotopic (exact) mass is 360 g/mol. The zero-order valence-corrected chi connectivity index (χ0v) is 13.1. The minimum Gasteiger partial charge on any atom is -0.505 e. The minimum atomic E-state index is -0.979. The van der Waals surface area contributed by atoms with Crippen LogP contribution < -0.4 is 9.47 Å². The number of benzene rings is 2. The van der Waals surface area contributed by atoms with E-state index < -0.39 is 34.8 Å². The summed E-state index contributed by atoms with van der Waals surface area (Å²) in [5.41, 5.74) is 0. The fourth-order valence-electron chi connectivity index (χ4n) is 2.00. The Balaban J connectivity index is 1.67. The topological polar surface area (TPSA) is 58.9 Å². The lowest BCUT2D eigenvalue weighted by Crippen LogP contribution is -2.03. The van der Waals surface area contributed by atoms with E-state index in [2.05, 4.69) is 0 Å². The largest absolute Gasteiger partial charge is 0.505 e. The lowest BCUT2D eigenvalue weighted by Gasteiger charge is -2.09. The van der Waals surface area contributed by atoms with E-state index in [1.54, 1.807) is 0 Å². The Kier molecular flexibility index (Phi) is 6.32. The van der Waals surface area contributed by atoms with Crippen molar-refractivity contribution in [2.45, 2.75) is 19.3 Å². The lowest BCUT2D eigenvalue weighted by atomic mass is 10.2. The highest BCUT2D eigenvalue weighted by Crippen LogP contribution is 2.26. The van der Waals surface area contributed by atoms with E-state index in [1.165, 1.54) is 0 Å². The fraction of sp³-hybridized carbons (Fsp3) is 0.294. The van der Waals surface area contributed by atoms with Crippen LogP contribution in [0.1, 0.15) is 19.3 Å². The van der Waals surface area contributed by atoms with Gasteiger partial charge >= 0.3 is 0 Å². The summed E-state index contributed by atoms with van der Waals surface area (Å²) in [6.45, 7) is 0.229. The van der Waals surface area contributed by atoms with Gasteiger partial charge in [-0.25, -0.2) is 17.6 Å². The summed E-state index contributed by atoms with van der Waals surface area (Å²) >= 11 is 0. The number of rotatable bonds is 8. The maximum atomic E-state index is 13.4. The number of phenolic OH excluding ortho intramolecular Hbond substituents is 2. The standard InChI is InChI=1S/C17H16F4O4/c18-10-8-16(12(20)6-14(10)22)24-4-2-1-3-5-25-17-9-11(19)15(23)7-13(17)21/h6-9,22-23H,1-5H2. The van der Waals surface area contributed by atoms with E-state index in [9.17, 15) is 17.6 Å². The van der Waals surface area contributed by atoms with Gasteiger partial charge in [0.2, 0.25) is 0 Å². The van der Waals surface area contributed by atoms with E-state index in [4.69, 9.17) is 19.7 Å². The molecule has 2 aromatic carbocycles. The van der Waals surface area contributed by atoms with Crippen LogP contribution in [0.25, 0.3) is 0 Å². The Hall–Kier alpha value is -2.64. The molecule has 0 atom stereocenters. The highest BCUT2D eigenvalue weighted by atomic mass is 19.1. The average molecular weight is 360 g/mol. The molecule has 136 valence electrons. The summed E-state index contributed by atoms with van der Waals surface area (Å²) in [5.74, 6) is -5.87. The second kappa shape index (κ2) is 8.46. The second-order valence-corrected chi connectivity index (χ2v) is 5.23. The van der Waals surface area contributed by atoms with Gasteiger partial charge in [-0.3, -0.25) is 0 Å². The van der Waals surface area contributed by atoms with Crippen molar-refractivity contribution in [3.8, 4) is 23.0 Å². The zero-order valence-electron chi connectivity index (χ0n) is 13.1. The van der Waals surface area contributed by atoms with Gasteiger partial charge in [0.1, 0.15) is 0 Å². The molecule has 4 nitrogen and oxygen atoms in total. The SMILES string of the molecule is Oc1cc(F)c(OCCCCCOc2cc(F)c(O)cc2F)cc1F. The summed E-state index contributed by atoms with van der Waals surface area (Å²) < 4.78 is 63.1. The van der Waals surface area contributed by atoms with Crippen LogP contribution in [0.4, 0.5) is 17.6 Å². The van der Waals surface area contributed by atoms with E-state index in [-0.39, 0.29) is 24.7 Å². The average Bonchev–Trinajstić information content (AvgIpc) is 2.55. The maximum Gasteiger partial charge on any atom is 0.168 e. The van der Waals surface area contributed by atoms with Crippen molar-refractivity contribution in [2.75, 3.05) is 13.2 Å². The number of phenols is 2. The third-order valence-corrected chi connectivity index (χ3v) is 3.31. The van der Waals surface area contributed by atoms with Crippen LogP contribution in [-0.4, -0.2) is 23.4 Å². The van der Waals surface area contributed by atoms with Gasteiger partial charge in [0.05, 0.1) is 13.2 Å². The van der Waals surface area contributed by atoms with Crippen molar-refractivity contribution in [2.24, 2.45) is 0 Å². The Morgan fingerprint density at radius 2 is 1.00 bits per heavy atom. The van der Waals surface area contributed by atoms with Gasteiger partial charge in [-0.2, -0.15) is 0 Å². The molecule has 25 heavy (non-hydrogen) atoms. The second-order valence-electron chi connectivity index (χ2n) is 5.23. The van der Waals surface area contributed by atoms with Gasteiger partial charge in [0.15, 0.2) is 46.3 Å². The van der Waals surface area contributed by atoms with E-state index in [0.717, 1.165) is 12.1 Å². The molecule has 0 aliphatic carbocycles. The number of halogens is 4. The predicted molar refractivity (Wildman–Crippen MR) is 80.9 cm³/mol. The van der Waals surface area contributed by atoms with Crippen molar-refractivity contribution < 1.29 is 37.2 Å². The first-order valence-electron chi connectivity index (χ1n) is 7.50. The number of hydrogen-bond donors (Lipinski definition) is 2. The van der Waals surface area contributed by atoms with Gasteiger partial charge in [-0.1, -0.05) is 0 Å². The molecule has 2 aromatic rings. The molecule has 0 aromatic heterocycles. The van der Waals surface area contributed by atoms with Gasteiger partial charge in [-0.15, -0.1) is 0 Å². The molecule has 0 saturated heterocycles. The van der Waals surface area contributed by atoms with Crippen molar-refractivity contribution >= 4 is 0 Å². The van der Waals surface area contributed by atoms with Crippen LogP contribution in [0.2, 0.25) is 0 Å². The van der Waals surface area contributed by atoms with Gasteiger partial charge in [0, 0.05) is 24.3 Å². The lowest BCUT2D eigenvalue weighted by molar-refractivity contribution is 0.264. The summed E-state index contributed by atoms with van der Waals surface area (Å²) in [6.07, 6.45) is 1.58. The highest BCUT2D eigenvalue weighted by molar-refractivity contribution is 5.34. The molecule has 0 aliphatic rings. The molecule has 0 bridgehead atoms. The minimum absolute atomic E-state index is 0.114. The molecule has 0 unspecified atom stereocenters. The van der Waals surface area contributed by atoms with Crippen molar-refractivity contribution in [1.29, 1.82) is 0 Å². The quantitative estimate of drug-likeness (QED) is 0.545. The molecule has 2 rings (SSSR count). The Bertz CT molecular complexity index is 676. The Morgan fingerprint density at radius 3 is 1.40 bits per heavy atom. The molecule has 0 amide bonds. The molecule has 0 spiro atoms. The van der Waals surface area contributed by atoms with Crippen LogP contribution in [0.5, 0.6) is 23.0 Å². The number of aromatic hydroxyl groups is 2. The summed E-state index contributed by atoms with van der Waals surface area (Å²) in [7, 11) is 0. The molecule has 0 aliphatic heterocycles. The third kappa shape index (κ3) is 5.17. The molecular formula is C17H16F4O4. The molecule has 2 N–H and O–H groups in total. The summed E-state index contributed by atoms with van der Waals surface area (Å²) in [4.78, 5) is 0. The first-order chi connectivity index (χ1) is 11.9. The van der Waals surface area contributed by atoms with Crippen LogP contribution in [0.15, 0.2) is 24.3 Å². The van der Waals surface area contributed by atoms with E-state index >= 15 is 0 Å². The third-order valence-electron chi connectivity index (χ3n) is 3.31. The maximum absolute atomic E-state index is 13.4. The predicted octanol–water partition coefficient (Wildman–Crippen LogP) is 4.28. The molecule has 0 radical (unpaired) electrons. The first-order valence-corrected chi connectivity index (χ1v) is 7.50. The molecule has 8 heteroatoms. The molecule has 0 fully saturated rings. The Labute approximate surface area is 141 Å². The van der Waals surface area contributed by atoms with E-state index in [0.29, 0.717) is 31.4 Å².